The number of carbonyl (C=O) groups is 1. The second-order valence-electron chi connectivity index (χ2n) is 3.55. The third-order valence-electron chi connectivity index (χ3n) is 2.33. The molecule has 0 unspecified atom stereocenters. The second kappa shape index (κ2) is 5.65. The molecular formula is C15H11NO2. The van der Waals surface area contributed by atoms with Gasteiger partial charge in [0.2, 0.25) is 5.78 Å². The summed E-state index contributed by atoms with van der Waals surface area (Å²) in [6.07, 6.45) is 3.28. The van der Waals surface area contributed by atoms with Crippen LogP contribution in [-0.4, -0.2) is 17.9 Å². The highest BCUT2D eigenvalue weighted by atomic mass is 16.5. The van der Waals surface area contributed by atoms with Crippen molar-refractivity contribution in [3.63, 3.8) is 0 Å². The van der Waals surface area contributed by atoms with Crippen LogP contribution in [0.25, 0.3) is 0 Å². The van der Waals surface area contributed by atoms with Gasteiger partial charge in [-0.2, -0.15) is 0 Å². The Balaban J connectivity index is 2.15. The average molecular weight is 237 g/mol. The van der Waals surface area contributed by atoms with Crippen LogP contribution in [0.3, 0.4) is 0 Å². The van der Waals surface area contributed by atoms with Gasteiger partial charge >= 0.3 is 0 Å². The van der Waals surface area contributed by atoms with Gasteiger partial charge in [-0.1, -0.05) is 5.92 Å². The number of hydrogen-bond acceptors (Lipinski definition) is 3. The molecule has 0 aliphatic heterocycles. The van der Waals surface area contributed by atoms with Crippen LogP contribution in [0, 0.1) is 11.8 Å². The highest BCUT2D eigenvalue weighted by molar-refractivity contribution is 6.09. The second-order valence-corrected chi connectivity index (χ2v) is 3.55. The number of nitrogens with zero attached hydrogens (tertiary/aromatic N) is 1. The number of rotatable bonds is 2. The Morgan fingerprint density at radius 2 is 2.00 bits per heavy atom. The molecular weight excluding hydrogens is 226 g/mol. The van der Waals surface area contributed by atoms with Gasteiger partial charge in [-0.05, 0) is 42.3 Å². The third kappa shape index (κ3) is 2.96. The third-order valence-corrected chi connectivity index (χ3v) is 2.33. The molecule has 3 heteroatoms. The summed E-state index contributed by atoms with van der Waals surface area (Å²) in [5.74, 6) is 5.85. The van der Waals surface area contributed by atoms with Crippen LogP contribution in [-0.2, 0) is 0 Å². The Hall–Kier alpha value is -2.60. The lowest BCUT2D eigenvalue weighted by atomic mass is 10.1. The van der Waals surface area contributed by atoms with E-state index >= 15 is 0 Å². The van der Waals surface area contributed by atoms with E-state index in [1.807, 2.05) is 0 Å². The predicted molar refractivity (Wildman–Crippen MR) is 68.4 cm³/mol. The largest absolute Gasteiger partial charge is 0.497 e. The van der Waals surface area contributed by atoms with Crippen LogP contribution < -0.4 is 4.74 Å². The van der Waals surface area contributed by atoms with Crippen molar-refractivity contribution in [2.75, 3.05) is 7.11 Å². The molecule has 88 valence electrons. The van der Waals surface area contributed by atoms with Crippen molar-refractivity contribution >= 4 is 5.78 Å². The van der Waals surface area contributed by atoms with E-state index in [9.17, 15) is 4.79 Å². The van der Waals surface area contributed by atoms with E-state index in [0.717, 1.165) is 5.56 Å². The highest BCUT2D eigenvalue weighted by Crippen LogP contribution is 2.11. The van der Waals surface area contributed by atoms with Crippen molar-refractivity contribution in [3.8, 4) is 17.6 Å². The number of ketones is 1. The van der Waals surface area contributed by atoms with Crippen molar-refractivity contribution in [2.24, 2.45) is 0 Å². The molecule has 0 saturated heterocycles. The fraction of sp³-hybridized carbons (Fsp3) is 0.0667. The molecule has 0 aliphatic rings. The first-order valence-electron chi connectivity index (χ1n) is 5.40. The van der Waals surface area contributed by atoms with Crippen molar-refractivity contribution in [1.82, 2.24) is 4.98 Å². The van der Waals surface area contributed by atoms with Crippen molar-refractivity contribution < 1.29 is 9.53 Å². The molecule has 2 rings (SSSR count). The number of hydrogen-bond donors (Lipinski definition) is 0. The standard InChI is InChI=1S/C15H11NO2/c1-18-14-7-5-13(6-8-14)15(17)9-4-12-3-2-10-16-11-12/h2-3,5-8,10-11H,1H3. The van der Waals surface area contributed by atoms with Gasteiger partial charge in [-0.3, -0.25) is 9.78 Å². The Kier molecular flexibility index (Phi) is 3.72. The number of methoxy groups -OCH3 is 1. The zero-order valence-electron chi connectivity index (χ0n) is 9.88. The summed E-state index contributed by atoms with van der Waals surface area (Å²) < 4.78 is 5.02. The summed E-state index contributed by atoms with van der Waals surface area (Å²) >= 11 is 0. The summed E-state index contributed by atoms with van der Waals surface area (Å²) in [4.78, 5) is 15.7. The number of carbonyl (C=O) groups excluding carboxylic acids is 1. The van der Waals surface area contributed by atoms with Crippen LogP contribution in [0.4, 0.5) is 0 Å². The maximum Gasteiger partial charge on any atom is 0.236 e. The molecule has 0 bridgehead atoms. The van der Waals surface area contributed by atoms with Gasteiger partial charge in [-0.15, -0.1) is 0 Å². The summed E-state index contributed by atoms with van der Waals surface area (Å²) in [5, 5.41) is 0. The molecule has 0 atom stereocenters. The molecule has 0 aliphatic carbocycles. The minimum Gasteiger partial charge on any atom is -0.497 e. The average Bonchev–Trinajstić information content (AvgIpc) is 2.46. The fourth-order valence-corrected chi connectivity index (χ4v) is 1.38. The Morgan fingerprint density at radius 1 is 1.22 bits per heavy atom. The van der Waals surface area contributed by atoms with E-state index < -0.39 is 0 Å². The number of Topliss-reactive ketones (excluding diaryl/α,β-unsaturated/α-hetero) is 1. The van der Waals surface area contributed by atoms with E-state index in [2.05, 4.69) is 16.8 Å². The Bertz CT molecular complexity index is 592. The fourth-order valence-electron chi connectivity index (χ4n) is 1.38. The quantitative estimate of drug-likeness (QED) is 0.594. The van der Waals surface area contributed by atoms with E-state index in [1.165, 1.54) is 0 Å². The highest BCUT2D eigenvalue weighted by Gasteiger charge is 2.01. The van der Waals surface area contributed by atoms with Gasteiger partial charge in [0, 0.05) is 23.5 Å². The molecule has 1 heterocycles. The summed E-state index contributed by atoms with van der Waals surface area (Å²) in [7, 11) is 1.58. The zero-order chi connectivity index (χ0) is 12.8. The van der Waals surface area contributed by atoms with Gasteiger partial charge in [0.05, 0.1) is 7.11 Å². The minimum absolute atomic E-state index is 0.221. The summed E-state index contributed by atoms with van der Waals surface area (Å²) in [6.45, 7) is 0. The number of benzene rings is 1. The van der Waals surface area contributed by atoms with Crippen molar-refractivity contribution in [3.05, 3.63) is 59.9 Å². The predicted octanol–water partition coefficient (Wildman–Crippen LogP) is 2.32. The lowest BCUT2D eigenvalue weighted by Crippen LogP contribution is -1.95. The number of ether oxygens (including phenoxy) is 1. The first-order chi connectivity index (χ1) is 8.79. The molecule has 2 aromatic rings. The lowest BCUT2D eigenvalue weighted by Gasteiger charge is -1.98. The minimum atomic E-state index is -0.221. The van der Waals surface area contributed by atoms with E-state index in [1.54, 1.807) is 55.9 Å². The van der Waals surface area contributed by atoms with Gasteiger partial charge in [-0.25, -0.2) is 0 Å². The van der Waals surface area contributed by atoms with Gasteiger partial charge in [0.25, 0.3) is 0 Å². The molecule has 18 heavy (non-hydrogen) atoms. The molecule has 0 N–H and O–H groups in total. The van der Waals surface area contributed by atoms with E-state index in [0.29, 0.717) is 11.3 Å². The monoisotopic (exact) mass is 237 g/mol. The lowest BCUT2D eigenvalue weighted by molar-refractivity contribution is 0.105. The maximum absolute atomic E-state index is 11.8. The SMILES string of the molecule is COc1ccc(C(=O)C#Cc2cccnc2)cc1. The first-order valence-corrected chi connectivity index (χ1v) is 5.40. The number of aromatic nitrogens is 1. The van der Waals surface area contributed by atoms with Crippen LogP contribution in [0.2, 0.25) is 0 Å². The smallest absolute Gasteiger partial charge is 0.236 e. The summed E-state index contributed by atoms with van der Waals surface area (Å²) in [5.41, 5.74) is 1.27. The van der Waals surface area contributed by atoms with Crippen molar-refractivity contribution in [1.29, 1.82) is 0 Å². The zero-order valence-corrected chi connectivity index (χ0v) is 9.88. The van der Waals surface area contributed by atoms with Crippen LogP contribution in [0.5, 0.6) is 5.75 Å². The molecule has 3 nitrogen and oxygen atoms in total. The van der Waals surface area contributed by atoms with Gasteiger partial charge in [0.1, 0.15) is 5.75 Å². The molecule has 1 aromatic heterocycles. The number of pyridine rings is 1. The van der Waals surface area contributed by atoms with Crippen molar-refractivity contribution in [2.45, 2.75) is 0 Å². The topological polar surface area (TPSA) is 39.2 Å². The first kappa shape index (κ1) is 11.9. The molecule has 1 aromatic carbocycles. The molecule has 0 saturated carbocycles. The van der Waals surface area contributed by atoms with Gasteiger partial charge < -0.3 is 4.74 Å². The molecule has 0 fully saturated rings. The molecule has 0 radical (unpaired) electrons. The Morgan fingerprint density at radius 3 is 2.61 bits per heavy atom. The normalized spacial score (nSPS) is 9.17. The summed E-state index contributed by atoms with van der Waals surface area (Å²) in [6, 6.07) is 10.4. The van der Waals surface area contributed by atoms with E-state index in [4.69, 9.17) is 4.74 Å². The van der Waals surface area contributed by atoms with Crippen LogP contribution in [0.15, 0.2) is 48.8 Å². The maximum atomic E-state index is 11.8. The molecule has 0 spiro atoms. The van der Waals surface area contributed by atoms with Crippen LogP contribution in [0.1, 0.15) is 15.9 Å². The van der Waals surface area contributed by atoms with Crippen LogP contribution >= 0.6 is 0 Å². The van der Waals surface area contributed by atoms with Gasteiger partial charge in [0.15, 0.2) is 0 Å². The van der Waals surface area contributed by atoms with E-state index in [-0.39, 0.29) is 5.78 Å². The Labute approximate surface area is 105 Å². The molecule has 0 amide bonds.